The van der Waals surface area contributed by atoms with Crippen molar-refractivity contribution in [1.29, 1.82) is 0 Å². The first-order valence-electron chi connectivity index (χ1n) is 17.7. The fourth-order valence-electron chi connectivity index (χ4n) is 6.46. The van der Waals surface area contributed by atoms with Crippen LogP contribution in [0.2, 0.25) is 0 Å². The van der Waals surface area contributed by atoms with Gasteiger partial charge in [-0.2, -0.15) is 0 Å². The van der Waals surface area contributed by atoms with Crippen LogP contribution in [0.15, 0.2) is 194 Å². The van der Waals surface area contributed by atoms with E-state index < -0.39 is 19.5 Å². The molecule has 0 bridgehead atoms. The summed E-state index contributed by atoms with van der Waals surface area (Å²) in [6.07, 6.45) is -0.765. The first kappa shape index (κ1) is 34.5. The molecular weight excluding hydrogens is 689 g/mol. The zero-order chi connectivity index (χ0) is 36.7. The van der Waals surface area contributed by atoms with Gasteiger partial charge in [0.1, 0.15) is 18.1 Å². The third-order valence-electron chi connectivity index (χ3n) is 9.20. The zero-order valence-corrected chi connectivity index (χ0v) is 30.1. The molecule has 0 heterocycles. The van der Waals surface area contributed by atoms with Crippen LogP contribution in [0.4, 0.5) is 4.79 Å². The number of ether oxygens (including phenoxy) is 1. The second-order valence-electron chi connectivity index (χ2n) is 12.9. The Morgan fingerprint density at radius 2 is 0.907 bits per heavy atom. The maximum atomic E-state index is 15.5. The lowest BCUT2D eigenvalue weighted by atomic mass is 10.0. The lowest BCUT2D eigenvalue weighted by Gasteiger charge is -2.28. The number of amides is 1. The molecule has 54 heavy (non-hydrogen) atoms. The third kappa shape index (κ3) is 7.90. The molecule has 0 aliphatic carbocycles. The number of alkyl carbamates (subject to hydrolysis) is 1. The van der Waals surface area contributed by atoms with Crippen LogP contribution in [0.1, 0.15) is 16.9 Å². The first-order chi connectivity index (χ1) is 26.5. The molecule has 1 amide bonds. The lowest BCUT2D eigenvalue weighted by molar-refractivity contribution is 0.137. The number of benzene rings is 8. The van der Waals surface area contributed by atoms with E-state index in [1.54, 1.807) is 24.3 Å². The SMILES string of the molecule is O=C(NC(c1ccccc1)P(=O)(Oc1ccc2cc(-c3ccccc3)ccc2c1)Oc1ccc2cc(-c3ccccc3)ccc2c1)OCc1ccccc1. The van der Waals surface area contributed by atoms with Crippen molar-refractivity contribution in [2.24, 2.45) is 0 Å². The van der Waals surface area contributed by atoms with Gasteiger partial charge in [0.25, 0.3) is 0 Å². The summed E-state index contributed by atoms with van der Waals surface area (Å²) >= 11 is 0. The number of hydrogen-bond donors (Lipinski definition) is 1. The molecule has 264 valence electrons. The second kappa shape index (κ2) is 15.5. The van der Waals surface area contributed by atoms with E-state index >= 15 is 4.57 Å². The molecule has 0 aromatic heterocycles. The van der Waals surface area contributed by atoms with Crippen molar-refractivity contribution in [2.75, 3.05) is 0 Å². The van der Waals surface area contributed by atoms with Gasteiger partial charge in [-0.3, -0.25) is 0 Å². The topological polar surface area (TPSA) is 73.9 Å². The average molecular weight is 726 g/mol. The summed E-state index contributed by atoms with van der Waals surface area (Å²) in [6.45, 7) is 0.0332. The van der Waals surface area contributed by atoms with Crippen molar-refractivity contribution < 1.29 is 23.1 Å². The largest absolute Gasteiger partial charge is 0.457 e. The van der Waals surface area contributed by atoms with Gasteiger partial charge < -0.3 is 19.1 Å². The second-order valence-corrected chi connectivity index (χ2v) is 14.9. The van der Waals surface area contributed by atoms with Crippen molar-refractivity contribution in [3.8, 4) is 33.8 Å². The minimum Gasteiger partial charge on any atom is -0.445 e. The zero-order valence-electron chi connectivity index (χ0n) is 29.2. The highest BCUT2D eigenvalue weighted by molar-refractivity contribution is 7.55. The predicted octanol–water partition coefficient (Wildman–Crippen LogP) is 12.6. The van der Waals surface area contributed by atoms with E-state index in [2.05, 4.69) is 41.7 Å². The Morgan fingerprint density at radius 1 is 0.481 bits per heavy atom. The molecule has 8 aromatic rings. The summed E-state index contributed by atoms with van der Waals surface area (Å²) in [5.74, 6) is -0.576. The van der Waals surface area contributed by atoms with Gasteiger partial charge in [0.05, 0.1) is 0 Å². The smallest absolute Gasteiger partial charge is 0.445 e. The minimum absolute atomic E-state index is 0.0332. The maximum absolute atomic E-state index is 15.5. The summed E-state index contributed by atoms with van der Waals surface area (Å²) < 4.78 is 34.0. The number of fused-ring (bicyclic) bond motifs is 2. The van der Waals surface area contributed by atoms with Gasteiger partial charge in [0.15, 0.2) is 5.78 Å². The Kier molecular flexibility index (Phi) is 9.92. The fraction of sp³-hybridized carbons (Fsp3) is 0.0426. The van der Waals surface area contributed by atoms with Crippen LogP contribution in [0.25, 0.3) is 43.8 Å². The Labute approximate surface area is 314 Å². The molecule has 6 nitrogen and oxygen atoms in total. The van der Waals surface area contributed by atoms with Gasteiger partial charge in [-0.25, -0.2) is 9.36 Å². The van der Waals surface area contributed by atoms with E-state index in [0.29, 0.717) is 17.1 Å². The van der Waals surface area contributed by atoms with Crippen LogP contribution < -0.4 is 14.4 Å². The summed E-state index contributed by atoms with van der Waals surface area (Å²) in [7, 11) is -4.33. The Hall–Kier alpha value is -6.62. The molecule has 1 N–H and O–H groups in total. The van der Waals surface area contributed by atoms with E-state index in [-0.39, 0.29) is 6.61 Å². The highest BCUT2D eigenvalue weighted by Crippen LogP contribution is 2.59. The van der Waals surface area contributed by atoms with Gasteiger partial charge in [0.2, 0.25) is 0 Å². The van der Waals surface area contributed by atoms with Crippen molar-refractivity contribution in [1.82, 2.24) is 5.32 Å². The molecular formula is C47H36NO5P. The average Bonchev–Trinajstić information content (AvgIpc) is 3.23. The molecule has 1 unspecified atom stereocenters. The van der Waals surface area contributed by atoms with Crippen molar-refractivity contribution in [2.45, 2.75) is 12.4 Å². The summed E-state index contributed by atoms with van der Waals surface area (Å²) in [5, 5.41) is 6.61. The molecule has 0 radical (unpaired) electrons. The fourth-order valence-corrected chi connectivity index (χ4v) is 8.32. The third-order valence-corrected chi connectivity index (χ3v) is 11.2. The number of rotatable bonds is 11. The van der Waals surface area contributed by atoms with Crippen LogP contribution in [-0.4, -0.2) is 6.09 Å². The normalized spacial score (nSPS) is 11.9. The molecule has 0 fully saturated rings. The Balaban J connectivity index is 1.15. The summed E-state index contributed by atoms with van der Waals surface area (Å²) in [6, 6.07) is 62.1. The molecule has 0 aliphatic heterocycles. The highest BCUT2D eigenvalue weighted by atomic mass is 31.2. The van der Waals surface area contributed by atoms with Gasteiger partial charge in [0, 0.05) is 0 Å². The number of nitrogens with one attached hydrogen (secondary N) is 1. The summed E-state index contributed by atoms with van der Waals surface area (Å²) in [4.78, 5) is 13.4. The van der Waals surface area contributed by atoms with Crippen molar-refractivity contribution in [3.63, 3.8) is 0 Å². The van der Waals surface area contributed by atoms with Crippen molar-refractivity contribution in [3.05, 3.63) is 205 Å². The molecule has 1 atom stereocenters. The van der Waals surface area contributed by atoms with Crippen LogP contribution in [0.3, 0.4) is 0 Å². The lowest BCUT2D eigenvalue weighted by Crippen LogP contribution is -2.31. The number of hydrogen-bond acceptors (Lipinski definition) is 5. The van der Waals surface area contributed by atoms with Crippen molar-refractivity contribution >= 4 is 35.2 Å². The Bertz CT molecular complexity index is 2450. The van der Waals surface area contributed by atoms with E-state index in [0.717, 1.165) is 49.4 Å². The van der Waals surface area contributed by atoms with Gasteiger partial charge in [-0.15, -0.1) is 0 Å². The molecule has 0 spiro atoms. The molecule has 0 aliphatic rings. The monoisotopic (exact) mass is 725 g/mol. The van der Waals surface area contributed by atoms with E-state index in [9.17, 15) is 4.79 Å². The standard InChI is InChI=1S/C47H36NO5P/c49-47(51-33-34-13-5-1-6-14-34)48-46(37-19-11-4-12-20-37)54(50,52-44-27-25-40-29-38(21-23-42(40)31-44)35-15-7-2-8-16-35)53-45-28-26-41-30-39(22-24-43(41)32-45)36-17-9-3-10-18-36/h1-32,46H,33H2,(H,48,49). The maximum Gasteiger partial charge on any atom is 0.457 e. The molecule has 8 aromatic carbocycles. The number of carbonyl (C=O) groups is 1. The van der Waals surface area contributed by atoms with E-state index in [4.69, 9.17) is 13.8 Å². The molecule has 0 saturated heterocycles. The van der Waals surface area contributed by atoms with Crippen LogP contribution in [0.5, 0.6) is 11.5 Å². The van der Waals surface area contributed by atoms with Crippen LogP contribution >= 0.6 is 7.60 Å². The number of carbonyl (C=O) groups excluding carboxylic acids is 1. The van der Waals surface area contributed by atoms with E-state index in [1.807, 2.05) is 133 Å². The molecule has 0 saturated carbocycles. The Morgan fingerprint density at radius 3 is 1.41 bits per heavy atom. The van der Waals surface area contributed by atoms with Crippen LogP contribution in [0, 0.1) is 0 Å². The van der Waals surface area contributed by atoms with Gasteiger partial charge in [-0.1, -0.05) is 158 Å². The van der Waals surface area contributed by atoms with Gasteiger partial charge >= 0.3 is 13.7 Å². The van der Waals surface area contributed by atoms with Gasteiger partial charge in [-0.05, 0) is 91.3 Å². The van der Waals surface area contributed by atoms with Crippen LogP contribution in [-0.2, 0) is 15.9 Å². The quantitative estimate of drug-likeness (QED) is 0.134. The minimum atomic E-state index is -4.33. The predicted molar refractivity (Wildman–Crippen MR) is 217 cm³/mol. The molecule has 8 rings (SSSR count). The van der Waals surface area contributed by atoms with E-state index in [1.165, 1.54) is 0 Å². The highest BCUT2D eigenvalue weighted by Gasteiger charge is 2.42. The first-order valence-corrected chi connectivity index (χ1v) is 19.3. The summed E-state index contributed by atoms with van der Waals surface area (Å²) in [5.41, 5.74) is 5.73. The molecule has 7 heteroatoms.